The lowest BCUT2D eigenvalue weighted by Gasteiger charge is -2.10. The van der Waals surface area contributed by atoms with Gasteiger partial charge in [0.25, 0.3) is 0 Å². The minimum Gasteiger partial charge on any atom is -0.338 e. The van der Waals surface area contributed by atoms with Crippen molar-refractivity contribution in [1.29, 1.82) is 0 Å². The number of halogens is 3. The molecule has 3 aromatic rings. The summed E-state index contributed by atoms with van der Waals surface area (Å²) in [6, 6.07) is 4.74. The summed E-state index contributed by atoms with van der Waals surface area (Å²) in [6.45, 7) is 2.27. The van der Waals surface area contributed by atoms with Crippen molar-refractivity contribution in [3.8, 4) is 0 Å². The molecule has 0 atom stereocenters. The van der Waals surface area contributed by atoms with Gasteiger partial charge in [-0.3, -0.25) is 5.32 Å². The molecule has 7 nitrogen and oxygen atoms in total. The van der Waals surface area contributed by atoms with Crippen LogP contribution in [0.2, 0.25) is 0 Å². The van der Waals surface area contributed by atoms with Crippen molar-refractivity contribution in [2.75, 3.05) is 17.2 Å². The molecule has 0 fully saturated rings. The fraction of sp³-hybridized carbons (Fsp3) is 0.125. The lowest BCUT2D eigenvalue weighted by Crippen LogP contribution is -2.28. The van der Waals surface area contributed by atoms with Crippen LogP contribution in [-0.4, -0.2) is 27.5 Å². The number of anilines is 3. The fourth-order valence-corrected chi connectivity index (χ4v) is 2.65. The molecule has 0 aliphatic heterocycles. The highest BCUT2D eigenvalue weighted by Crippen LogP contribution is 2.29. The van der Waals surface area contributed by atoms with E-state index in [2.05, 4.69) is 46.8 Å². The monoisotopic (exact) mass is 422 g/mol. The van der Waals surface area contributed by atoms with Gasteiger partial charge in [0.1, 0.15) is 17.2 Å². The zero-order chi connectivity index (χ0) is 18.7. The number of nitrogens with zero attached hydrogens (tertiary/aromatic N) is 3. The van der Waals surface area contributed by atoms with E-state index in [9.17, 15) is 13.6 Å². The quantitative estimate of drug-likeness (QED) is 0.591. The number of amides is 2. The maximum absolute atomic E-state index is 13.9. The van der Waals surface area contributed by atoms with E-state index < -0.39 is 11.6 Å². The van der Waals surface area contributed by atoms with Gasteiger partial charge in [0.15, 0.2) is 17.3 Å². The number of aromatic nitrogens is 3. The molecule has 2 aromatic heterocycles. The third-order valence-electron chi connectivity index (χ3n) is 3.25. The molecular formula is C16H13BrF2N6O. The molecule has 0 aliphatic carbocycles. The van der Waals surface area contributed by atoms with Crippen LogP contribution >= 0.6 is 15.9 Å². The van der Waals surface area contributed by atoms with Gasteiger partial charge in [-0.05, 0) is 41.1 Å². The Hall–Kier alpha value is -2.88. The summed E-state index contributed by atoms with van der Waals surface area (Å²) in [4.78, 5) is 24.2. The van der Waals surface area contributed by atoms with E-state index in [-0.39, 0.29) is 27.7 Å². The van der Waals surface area contributed by atoms with Crippen LogP contribution in [0.15, 0.2) is 34.9 Å². The summed E-state index contributed by atoms with van der Waals surface area (Å²) < 4.78 is 27.3. The Morgan fingerprint density at radius 1 is 1.19 bits per heavy atom. The Kier molecular flexibility index (Phi) is 5.21. The molecule has 10 heteroatoms. The Morgan fingerprint density at radius 3 is 2.69 bits per heavy atom. The number of fused-ring (bicyclic) bond motifs is 1. The van der Waals surface area contributed by atoms with Crippen LogP contribution in [0.3, 0.4) is 0 Å². The molecule has 0 spiro atoms. The Morgan fingerprint density at radius 2 is 1.96 bits per heavy atom. The largest absolute Gasteiger partial charge is 0.338 e. The molecular weight excluding hydrogens is 410 g/mol. The van der Waals surface area contributed by atoms with Gasteiger partial charge in [-0.25, -0.2) is 28.5 Å². The second-order valence-electron chi connectivity index (χ2n) is 5.15. The molecule has 0 bridgehead atoms. The number of rotatable bonds is 4. The molecule has 0 saturated heterocycles. The predicted octanol–water partition coefficient (Wildman–Crippen LogP) is 3.95. The molecule has 0 radical (unpaired) electrons. The summed E-state index contributed by atoms with van der Waals surface area (Å²) in [6.07, 6.45) is 1.40. The molecule has 0 aliphatic rings. The number of hydrogen-bond donors (Lipinski definition) is 3. The van der Waals surface area contributed by atoms with E-state index in [0.717, 1.165) is 12.1 Å². The number of pyridine rings is 1. The van der Waals surface area contributed by atoms with Gasteiger partial charge in [0.2, 0.25) is 0 Å². The van der Waals surface area contributed by atoms with Crippen LogP contribution in [-0.2, 0) is 0 Å². The number of benzene rings is 1. The molecule has 1 aromatic carbocycles. The van der Waals surface area contributed by atoms with Crippen molar-refractivity contribution in [3.05, 3.63) is 46.6 Å². The lowest BCUT2D eigenvalue weighted by molar-refractivity contribution is 0.252. The van der Waals surface area contributed by atoms with Crippen molar-refractivity contribution < 1.29 is 13.6 Å². The van der Waals surface area contributed by atoms with E-state index in [0.29, 0.717) is 17.9 Å². The van der Waals surface area contributed by atoms with E-state index >= 15 is 0 Å². The predicted molar refractivity (Wildman–Crippen MR) is 97.4 cm³/mol. The number of carbonyl (C=O) groups excluding carboxylic acids is 1. The normalized spacial score (nSPS) is 10.6. The fourth-order valence-electron chi connectivity index (χ4n) is 2.14. The summed E-state index contributed by atoms with van der Waals surface area (Å²) >= 11 is 3.10. The Balaban J connectivity index is 1.89. The summed E-state index contributed by atoms with van der Waals surface area (Å²) in [5.41, 5.74) is 0.773. The van der Waals surface area contributed by atoms with Crippen molar-refractivity contribution in [2.45, 2.75) is 6.92 Å². The van der Waals surface area contributed by atoms with Crippen LogP contribution in [0.4, 0.5) is 30.9 Å². The third kappa shape index (κ3) is 4.02. The highest BCUT2D eigenvalue weighted by molar-refractivity contribution is 9.10. The zero-order valence-corrected chi connectivity index (χ0v) is 15.1. The maximum Gasteiger partial charge on any atom is 0.320 e. The van der Waals surface area contributed by atoms with Crippen LogP contribution in [0, 0.1) is 11.6 Å². The standard InChI is InChI=1S/C16H13BrF2N6O/c1-2-20-16(26)25-12-4-3-11-15(23-12)24-13(7-21-11)22-14-9(17)5-8(18)6-10(14)19/h3-7H,2H2,1H3,(H3,20,22,23,24,25,26). The molecule has 134 valence electrons. The second-order valence-corrected chi connectivity index (χ2v) is 6.00. The third-order valence-corrected chi connectivity index (χ3v) is 3.87. The summed E-state index contributed by atoms with van der Waals surface area (Å²) in [5.74, 6) is -0.971. The van der Waals surface area contributed by atoms with Gasteiger partial charge in [-0.15, -0.1) is 0 Å². The molecule has 3 N–H and O–H groups in total. The lowest BCUT2D eigenvalue weighted by atomic mass is 10.3. The average molecular weight is 423 g/mol. The minimum atomic E-state index is -0.779. The summed E-state index contributed by atoms with van der Waals surface area (Å²) in [5, 5.41) is 7.90. The molecule has 0 unspecified atom stereocenters. The molecule has 2 amide bonds. The van der Waals surface area contributed by atoms with Gasteiger partial charge < -0.3 is 10.6 Å². The Bertz CT molecular complexity index is 961. The molecule has 0 saturated carbocycles. The molecule has 26 heavy (non-hydrogen) atoms. The van der Waals surface area contributed by atoms with Crippen LogP contribution in [0.25, 0.3) is 11.2 Å². The van der Waals surface area contributed by atoms with Gasteiger partial charge in [0.05, 0.1) is 11.9 Å². The highest BCUT2D eigenvalue weighted by Gasteiger charge is 2.12. The Labute approximate surface area is 155 Å². The van der Waals surface area contributed by atoms with Gasteiger partial charge in [-0.2, -0.15) is 0 Å². The summed E-state index contributed by atoms with van der Waals surface area (Å²) in [7, 11) is 0. The first-order chi connectivity index (χ1) is 12.5. The first-order valence-corrected chi connectivity index (χ1v) is 8.36. The van der Waals surface area contributed by atoms with Crippen molar-refractivity contribution in [3.63, 3.8) is 0 Å². The number of hydrogen-bond acceptors (Lipinski definition) is 5. The number of nitrogens with one attached hydrogen (secondary N) is 3. The van der Waals surface area contributed by atoms with E-state index in [4.69, 9.17) is 0 Å². The topological polar surface area (TPSA) is 91.8 Å². The van der Waals surface area contributed by atoms with E-state index in [1.807, 2.05) is 0 Å². The second kappa shape index (κ2) is 7.56. The molecule has 2 heterocycles. The van der Waals surface area contributed by atoms with Crippen molar-refractivity contribution in [1.82, 2.24) is 20.3 Å². The van der Waals surface area contributed by atoms with Crippen LogP contribution in [0.5, 0.6) is 0 Å². The average Bonchev–Trinajstić information content (AvgIpc) is 2.58. The van der Waals surface area contributed by atoms with Crippen molar-refractivity contribution in [2.24, 2.45) is 0 Å². The smallest absolute Gasteiger partial charge is 0.320 e. The van der Waals surface area contributed by atoms with Crippen LogP contribution < -0.4 is 16.0 Å². The van der Waals surface area contributed by atoms with Gasteiger partial charge in [0, 0.05) is 17.1 Å². The van der Waals surface area contributed by atoms with Gasteiger partial charge >= 0.3 is 6.03 Å². The highest BCUT2D eigenvalue weighted by atomic mass is 79.9. The first kappa shape index (κ1) is 17.9. The SMILES string of the molecule is CCNC(=O)Nc1ccc2ncc(Nc3c(F)cc(F)cc3Br)nc2n1. The van der Waals surface area contributed by atoms with Gasteiger partial charge in [-0.1, -0.05) is 0 Å². The first-order valence-electron chi connectivity index (χ1n) is 7.56. The molecule has 3 rings (SSSR count). The van der Waals surface area contributed by atoms with E-state index in [1.54, 1.807) is 19.1 Å². The number of carbonyl (C=O) groups is 1. The number of urea groups is 1. The van der Waals surface area contributed by atoms with Crippen LogP contribution in [0.1, 0.15) is 6.92 Å². The van der Waals surface area contributed by atoms with E-state index in [1.165, 1.54) is 6.20 Å². The zero-order valence-electron chi connectivity index (χ0n) is 13.5. The minimum absolute atomic E-state index is 0.0247. The maximum atomic E-state index is 13.9. The van der Waals surface area contributed by atoms with Crippen molar-refractivity contribution >= 4 is 50.4 Å².